The van der Waals surface area contributed by atoms with Gasteiger partial charge in [0.05, 0.1) is 19.8 Å². The van der Waals surface area contributed by atoms with E-state index in [-0.39, 0.29) is 17.5 Å². The van der Waals surface area contributed by atoms with Crippen molar-refractivity contribution in [2.45, 2.75) is 52.2 Å². The van der Waals surface area contributed by atoms with Gasteiger partial charge in [-0.3, -0.25) is 0 Å². The maximum absolute atomic E-state index is 11.7. The number of hydrogen-bond donors (Lipinski definition) is 0. The van der Waals surface area contributed by atoms with Crippen LogP contribution in [0.3, 0.4) is 0 Å². The van der Waals surface area contributed by atoms with Crippen LogP contribution in [0.2, 0.25) is 0 Å². The molecule has 3 rings (SSSR count). The van der Waals surface area contributed by atoms with Crippen LogP contribution in [-0.2, 0) is 20.9 Å². The maximum atomic E-state index is 11.7. The molecule has 3 nitrogen and oxygen atoms in total. The minimum Gasteiger partial charge on any atom is -0.466 e. The summed E-state index contributed by atoms with van der Waals surface area (Å²) in [6.45, 7) is 5.22. The Labute approximate surface area is 150 Å². The van der Waals surface area contributed by atoms with Crippen molar-refractivity contribution < 1.29 is 14.3 Å². The molecule has 0 aliphatic heterocycles. The molecule has 1 aromatic rings. The van der Waals surface area contributed by atoms with Gasteiger partial charge >= 0.3 is 5.97 Å². The molecule has 3 heteroatoms. The van der Waals surface area contributed by atoms with Gasteiger partial charge in [0, 0.05) is 5.57 Å². The number of ether oxygens (including phenoxy) is 2. The SMILES string of the molecule is COC(=O)C1=CC=C([C@]2(C)CC[C@H]2C(C)OCc2ccccc2)CC1. The van der Waals surface area contributed by atoms with Crippen LogP contribution in [0.15, 0.2) is 53.6 Å². The predicted octanol–water partition coefficient (Wildman–Crippen LogP) is 4.83. The largest absolute Gasteiger partial charge is 0.466 e. The van der Waals surface area contributed by atoms with Crippen LogP contribution in [0.1, 0.15) is 45.1 Å². The highest BCUT2D eigenvalue weighted by Gasteiger charge is 2.48. The van der Waals surface area contributed by atoms with Gasteiger partial charge in [-0.05, 0) is 49.5 Å². The van der Waals surface area contributed by atoms with E-state index < -0.39 is 0 Å². The quantitative estimate of drug-likeness (QED) is 0.696. The number of carbonyl (C=O) groups excluding carboxylic acids is 1. The molecule has 0 amide bonds. The van der Waals surface area contributed by atoms with Gasteiger partial charge in [-0.1, -0.05) is 55.0 Å². The second kappa shape index (κ2) is 7.57. The number of methoxy groups -OCH3 is 1. The molecule has 0 radical (unpaired) electrons. The zero-order valence-corrected chi connectivity index (χ0v) is 15.5. The average Bonchev–Trinajstić information content (AvgIpc) is 2.65. The zero-order chi connectivity index (χ0) is 17.9. The maximum Gasteiger partial charge on any atom is 0.333 e. The Balaban J connectivity index is 1.63. The summed E-state index contributed by atoms with van der Waals surface area (Å²) >= 11 is 0. The van der Waals surface area contributed by atoms with Crippen molar-refractivity contribution in [3.8, 4) is 0 Å². The van der Waals surface area contributed by atoms with Crippen molar-refractivity contribution in [2.24, 2.45) is 11.3 Å². The van der Waals surface area contributed by atoms with Gasteiger partial charge in [-0.2, -0.15) is 0 Å². The second-order valence-corrected chi connectivity index (χ2v) is 7.44. The second-order valence-electron chi connectivity index (χ2n) is 7.44. The van der Waals surface area contributed by atoms with Crippen molar-refractivity contribution in [2.75, 3.05) is 7.11 Å². The van der Waals surface area contributed by atoms with Crippen molar-refractivity contribution in [1.82, 2.24) is 0 Å². The third-order valence-corrected chi connectivity index (χ3v) is 6.05. The van der Waals surface area contributed by atoms with Crippen LogP contribution < -0.4 is 0 Å². The van der Waals surface area contributed by atoms with Gasteiger partial charge in [0.25, 0.3) is 0 Å². The molecule has 0 saturated heterocycles. The third kappa shape index (κ3) is 3.72. The Morgan fingerprint density at radius 3 is 2.56 bits per heavy atom. The smallest absolute Gasteiger partial charge is 0.333 e. The Hall–Kier alpha value is -1.87. The Morgan fingerprint density at radius 1 is 1.24 bits per heavy atom. The molecular formula is C22H28O3. The number of hydrogen-bond acceptors (Lipinski definition) is 3. The Morgan fingerprint density at radius 2 is 2.00 bits per heavy atom. The number of carbonyl (C=O) groups is 1. The summed E-state index contributed by atoms with van der Waals surface area (Å²) in [5, 5.41) is 0. The molecule has 1 aromatic carbocycles. The van der Waals surface area contributed by atoms with Gasteiger partial charge in [0.1, 0.15) is 0 Å². The fourth-order valence-corrected chi connectivity index (χ4v) is 4.23. The van der Waals surface area contributed by atoms with Crippen LogP contribution in [0.4, 0.5) is 0 Å². The third-order valence-electron chi connectivity index (χ3n) is 6.05. The Kier molecular flexibility index (Phi) is 5.43. The first-order valence-corrected chi connectivity index (χ1v) is 9.18. The number of benzene rings is 1. The van der Waals surface area contributed by atoms with Crippen LogP contribution in [0, 0.1) is 11.3 Å². The molecule has 0 N–H and O–H groups in total. The van der Waals surface area contributed by atoms with Crippen molar-refractivity contribution in [3.05, 3.63) is 59.2 Å². The molecule has 134 valence electrons. The van der Waals surface area contributed by atoms with Crippen LogP contribution >= 0.6 is 0 Å². The summed E-state index contributed by atoms with van der Waals surface area (Å²) in [5.74, 6) is 0.334. The fraction of sp³-hybridized carbons (Fsp3) is 0.500. The first-order chi connectivity index (χ1) is 12.0. The normalized spacial score (nSPS) is 26.9. The van der Waals surface area contributed by atoms with E-state index in [4.69, 9.17) is 9.47 Å². The molecule has 25 heavy (non-hydrogen) atoms. The lowest BCUT2D eigenvalue weighted by Gasteiger charge is -2.52. The molecular weight excluding hydrogens is 312 g/mol. The van der Waals surface area contributed by atoms with E-state index >= 15 is 0 Å². The number of esters is 1. The van der Waals surface area contributed by atoms with E-state index in [2.05, 4.69) is 44.2 Å². The Bertz CT molecular complexity index is 674. The fourth-order valence-electron chi connectivity index (χ4n) is 4.23. The summed E-state index contributed by atoms with van der Waals surface area (Å²) in [7, 11) is 1.44. The number of rotatable bonds is 6. The van der Waals surface area contributed by atoms with Crippen LogP contribution in [0.25, 0.3) is 0 Å². The molecule has 1 saturated carbocycles. The average molecular weight is 340 g/mol. The van der Waals surface area contributed by atoms with Crippen LogP contribution in [0.5, 0.6) is 0 Å². The highest BCUT2D eigenvalue weighted by Crippen LogP contribution is 2.55. The lowest BCUT2D eigenvalue weighted by atomic mass is 9.54. The minimum atomic E-state index is -0.204. The zero-order valence-electron chi connectivity index (χ0n) is 15.5. The predicted molar refractivity (Wildman–Crippen MR) is 98.9 cm³/mol. The molecule has 2 aliphatic carbocycles. The standard InChI is InChI=1S/C22H28O3/c1-16(25-15-17-7-5-4-6-8-17)20-13-14-22(20,2)19-11-9-18(10-12-19)21(23)24-3/h4-9,11,16,20H,10,12-15H2,1-3H3/t16?,20-,22-/m0/s1. The van der Waals surface area contributed by atoms with E-state index in [0.717, 1.165) is 18.4 Å². The number of allylic oxidation sites excluding steroid dienone is 3. The van der Waals surface area contributed by atoms with E-state index in [9.17, 15) is 4.79 Å². The molecule has 3 atom stereocenters. The van der Waals surface area contributed by atoms with Gasteiger partial charge in [0.2, 0.25) is 0 Å². The first kappa shape index (κ1) is 17.9. The van der Waals surface area contributed by atoms with Crippen molar-refractivity contribution in [3.63, 3.8) is 0 Å². The molecule has 0 heterocycles. The topological polar surface area (TPSA) is 35.5 Å². The van der Waals surface area contributed by atoms with Gasteiger partial charge < -0.3 is 9.47 Å². The molecule has 2 aliphatic rings. The lowest BCUT2D eigenvalue weighted by molar-refractivity contribution is -0.136. The van der Waals surface area contributed by atoms with E-state index in [1.54, 1.807) is 0 Å². The monoisotopic (exact) mass is 340 g/mol. The van der Waals surface area contributed by atoms with Crippen molar-refractivity contribution >= 4 is 5.97 Å². The van der Waals surface area contributed by atoms with Gasteiger partial charge in [0.15, 0.2) is 0 Å². The first-order valence-electron chi connectivity index (χ1n) is 9.18. The van der Waals surface area contributed by atoms with Gasteiger partial charge in [-0.25, -0.2) is 4.79 Å². The van der Waals surface area contributed by atoms with Crippen molar-refractivity contribution in [1.29, 1.82) is 0 Å². The highest BCUT2D eigenvalue weighted by molar-refractivity contribution is 5.89. The summed E-state index contributed by atoms with van der Waals surface area (Å²) < 4.78 is 11.0. The lowest BCUT2D eigenvalue weighted by Crippen LogP contribution is -2.46. The minimum absolute atomic E-state index is 0.189. The molecule has 0 bridgehead atoms. The molecule has 0 aromatic heterocycles. The summed E-state index contributed by atoms with van der Waals surface area (Å²) in [6, 6.07) is 10.3. The van der Waals surface area contributed by atoms with E-state index in [1.165, 1.54) is 31.1 Å². The molecule has 1 fully saturated rings. The summed E-state index contributed by atoms with van der Waals surface area (Å²) in [4.78, 5) is 11.7. The van der Waals surface area contributed by atoms with Gasteiger partial charge in [-0.15, -0.1) is 0 Å². The molecule has 0 spiro atoms. The molecule has 1 unspecified atom stereocenters. The highest BCUT2D eigenvalue weighted by atomic mass is 16.5. The van der Waals surface area contributed by atoms with E-state index in [0.29, 0.717) is 12.5 Å². The summed E-state index contributed by atoms with van der Waals surface area (Å²) in [6.07, 6.45) is 8.44. The summed E-state index contributed by atoms with van der Waals surface area (Å²) in [5.41, 5.74) is 3.64. The van der Waals surface area contributed by atoms with E-state index in [1.807, 2.05) is 12.1 Å². The van der Waals surface area contributed by atoms with Crippen LogP contribution in [-0.4, -0.2) is 19.2 Å².